The summed E-state index contributed by atoms with van der Waals surface area (Å²) in [5, 5.41) is 5.34. The molecule has 2 aromatic heterocycles. The average molecular weight is 310 g/mol. The van der Waals surface area contributed by atoms with Gasteiger partial charge >= 0.3 is 0 Å². The van der Waals surface area contributed by atoms with Crippen molar-refractivity contribution >= 4 is 27.3 Å². The molecule has 0 saturated carbocycles. The van der Waals surface area contributed by atoms with E-state index >= 15 is 0 Å². The first-order valence-corrected chi connectivity index (χ1v) is 7.20. The Morgan fingerprint density at radius 1 is 1.35 bits per heavy atom. The zero-order chi connectivity index (χ0) is 11.8. The molecule has 0 atom stereocenters. The van der Waals surface area contributed by atoms with Crippen LogP contribution in [-0.4, -0.2) is 23.1 Å². The van der Waals surface area contributed by atoms with Crippen molar-refractivity contribution in [2.24, 2.45) is 0 Å². The van der Waals surface area contributed by atoms with Crippen molar-refractivity contribution < 1.29 is 0 Å². The molecular weight excluding hydrogens is 298 g/mol. The molecule has 3 rings (SSSR count). The van der Waals surface area contributed by atoms with E-state index in [1.54, 1.807) is 11.3 Å². The lowest BCUT2D eigenvalue weighted by molar-refractivity contribution is 0.429. The highest BCUT2D eigenvalue weighted by atomic mass is 79.9. The lowest BCUT2D eigenvalue weighted by Crippen LogP contribution is -2.40. The van der Waals surface area contributed by atoms with Crippen molar-refractivity contribution in [1.82, 2.24) is 15.3 Å². The minimum Gasteiger partial charge on any atom is -0.315 e. The number of hydrogen-bond donors (Lipinski definition) is 1. The first-order chi connectivity index (χ1) is 8.22. The van der Waals surface area contributed by atoms with Crippen LogP contribution in [0.1, 0.15) is 17.4 Å². The molecule has 0 aromatic carbocycles. The summed E-state index contributed by atoms with van der Waals surface area (Å²) in [6, 6.07) is 4.16. The predicted molar refractivity (Wildman–Crippen MR) is 73.4 cm³/mol. The van der Waals surface area contributed by atoms with Gasteiger partial charge in [-0.1, -0.05) is 0 Å². The number of hydrogen-bond acceptors (Lipinski definition) is 4. The zero-order valence-corrected chi connectivity index (χ0v) is 11.8. The van der Waals surface area contributed by atoms with E-state index in [9.17, 15) is 0 Å². The number of nitrogens with zero attached hydrogens (tertiary/aromatic N) is 2. The van der Waals surface area contributed by atoms with Gasteiger partial charge in [0.25, 0.3) is 0 Å². The molecule has 1 fully saturated rings. The van der Waals surface area contributed by atoms with Crippen LogP contribution in [0.25, 0.3) is 10.6 Å². The van der Waals surface area contributed by atoms with E-state index in [-0.39, 0.29) is 0 Å². The fourth-order valence-corrected chi connectivity index (χ4v) is 3.21. The molecule has 0 unspecified atom stereocenters. The topological polar surface area (TPSA) is 37.8 Å². The van der Waals surface area contributed by atoms with Crippen LogP contribution in [0.3, 0.4) is 0 Å². The summed E-state index contributed by atoms with van der Waals surface area (Å²) in [5.74, 6) is 1.46. The number of aryl methyl sites for hydroxylation is 1. The van der Waals surface area contributed by atoms with E-state index < -0.39 is 0 Å². The predicted octanol–water partition coefficient (Wildman–Crippen LogP) is 2.96. The van der Waals surface area contributed by atoms with Crippen LogP contribution in [0.15, 0.2) is 22.0 Å². The molecule has 1 saturated heterocycles. The highest BCUT2D eigenvalue weighted by Gasteiger charge is 2.22. The van der Waals surface area contributed by atoms with Crippen molar-refractivity contribution in [3.05, 3.63) is 33.5 Å². The first-order valence-electron chi connectivity index (χ1n) is 5.53. The smallest absolute Gasteiger partial charge is 0.134 e. The van der Waals surface area contributed by atoms with E-state index in [2.05, 4.69) is 42.7 Å². The molecule has 2 aromatic rings. The van der Waals surface area contributed by atoms with Crippen molar-refractivity contribution in [3.8, 4) is 10.6 Å². The zero-order valence-electron chi connectivity index (χ0n) is 9.40. The molecule has 0 aliphatic carbocycles. The molecule has 1 N–H and O–H groups in total. The molecule has 5 heteroatoms. The van der Waals surface area contributed by atoms with Gasteiger partial charge in [0.2, 0.25) is 0 Å². The van der Waals surface area contributed by atoms with Crippen LogP contribution in [0.5, 0.6) is 0 Å². The first kappa shape index (κ1) is 11.3. The monoisotopic (exact) mass is 309 g/mol. The van der Waals surface area contributed by atoms with Crippen LogP contribution < -0.4 is 5.32 Å². The maximum Gasteiger partial charge on any atom is 0.134 e. The average Bonchev–Trinajstić information content (AvgIpc) is 2.61. The summed E-state index contributed by atoms with van der Waals surface area (Å²) in [6.45, 7) is 4.03. The second-order valence-corrected chi connectivity index (χ2v) is 6.06. The number of nitrogens with one attached hydrogen (secondary N) is 1. The third-order valence-electron chi connectivity index (χ3n) is 2.84. The second-order valence-electron chi connectivity index (χ2n) is 4.24. The minimum atomic E-state index is 0.483. The van der Waals surface area contributed by atoms with Gasteiger partial charge in [-0.2, -0.15) is 0 Å². The van der Waals surface area contributed by atoms with Gasteiger partial charge in [0, 0.05) is 34.6 Å². The van der Waals surface area contributed by atoms with Crippen molar-refractivity contribution in [3.63, 3.8) is 0 Å². The Bertz CT molecular complexity index is 548. The van der Waals surface area contributed by atoms with Crippen LogP contribution in [-0.2, 0) is 0 Å². The molecule has 1 aliphatic heterocycles. The quantitative estimate of drug-likeness (QED) is 0.927. The molecule has 0 radical (unpaired) electrons. The molecular formula is C12H12BrN3S. The summed E-state index contributed by atoms with van der Waals surface area (Å²) in [4.78, 5) is 10.4. The van der Waals surface area contributed by atoms with Gasteiger partial charge in [-0.05, 0) is 35.0 Å². The van der Waals surface area contributed by atoms with Gasteiger partial charge in [0.05, 0.1) is 10.6 Å². The Morgan fingerprint density at radius 3 is 2.76 bits per heavy atom. The lowest BCUT2D eigenvalue weighted by atomic mass is 10.0. The third kappa shape index (κ3) is 2.27. The molecule has 0 bridgehead atoms. The molecule has 3 nitrogen and oxygen atoms in total. The number of aromatic nitrogens is 2. The van der Waals surface area contributed by atoms with Crippen LogP contribution in [0.2, 0.25) is 0 Å². The van der Waals surface area contributed by atoms with Crippen LogP contribution in [0, 0.1) is 6.92 Å². The fourth-order valence-electron chi connectivity index (χ4n) is 1.82. The van der Waals surface area contributed by atoms with Crippen LogP contribution >= 0.6 is 27.3 Å². The largest absolute Gasteiger partial charge is 0.315 e. The van der Waals surface area contributed by atoms with Gasteiger partial charge in [-0.25, -0.2) is 9.97 Å². The Labute approximate surface area is 112 Å². The Morgan fingerprint density at radius 2 is 2.18 bits per heavy atom. The summed E-state index contributed by atoms with van der Waals surface area (Å²) in [5.41, 5.74) is 2.08. The van der Waals surface area contributed by atoms with Crippen molar-refractivity contribution in [2.75, 3.05) is 13.1 Å². The highest BCUT2D eigenvalue weighted by molar-refractivity contribution is 9.10. The summed E-state index contributed by atoms with van der Waals surface area (Å²) >= 11 is 5.18. The molecule has 3 heterocycles. The lowest BCUT2D eigenvalue weighted by Gasteiger charge is -2.25. The van der Waals surface area contributed by atoms with Gasteiger partial charge < -0.3 is 5.32 Å². The standard InChI is InChI=1S/C12H12BrN3S/c1-7-2-10(11-3-9(13)6-17-11)16-12(15-7)8-4-14-5-8/h2-3,6,8,14H,4-5H2,1H3. The minimum absolute atomic E-state index is 0.483. The second kappa shape index (κ2) is 4.48. The number of halogens is 1. The van der Waals surface area contributed by atoms with Gasteiger partial charge in [-0.15, -0.1) is 11.3 Å². The third-order valence-corrected chi connectivity index (χ3v) is 4.55. The Balaban J connectivity index is 2.01. The van der Waals surface area contributed by atoms with Gasteiger partial charge in [0.1, 0.15) is 5.82 Å². The van der Waals surface area contributed by atoms with Gasteiger partial charge in [-0.3, -0.25) is 0 Å². The van der Waals surface area contributed by atoms with E-state index in [4.69, 9.17) is 0 Å². The van der Waals surface area contributed by atoms with E-state index in [0.717, 1.165) is 34.8 Å². The number of thiophene rings is 1. The fraction of sp³-hybridized carbons (Fsp3) is 0.333. The SMILES string of the molecule is Cc1cc(-c2cc(Br)cs2)nc(C2CNC2)n1. The van der Waals surface area contributed by atoms with Crippen molar-refractivity contribution in [1.29, 1.82) is 0 Å². The summed E-state index contributed by atoms with van der Waals surface area (Å²) in [7, 11) is 0. The Hall–Kier alpha value is -0.780. The molecule has 1 aliphatic rings. The maximum absolute atomic E-state index is 4.68. The molecule has 17 heavy (non-hydrogen) atoms. The molecule has 0 spiro atoms. The summed E-state index contributed by atoms with van der Waals surface area (Å²) in [6.07, 6.45) is 0. The highest BCUT2D eigenvalue weighted by Crippen LogP contribution is 2.30. The van der Waals surface area contributed by atoms with E-state index in [1.807, 2.05) is 13.0 Å². The van der Waals surface area contributed by atoms with Gasteiger partial charge in [0.15, 0.2) is 0 Å². The molecule has 0 amide bonds. The van der Waals surface area contributed by atoms with E-state index in [1.165, 1.54) is 4.88 Å². The summed E-state index contributed by atoms with van der Waals surface area (Å²) < 4.78 is 1.11. The normalized spacial score (nSPS) is 15.9. The maximum atomic E-state index is 4.68. The molecule has 88 valence electrons. The van der Waals surface area contributed by atoms with Crippen LogP contribution in [0.4, 0.5) is 0 Å². The Kier molecular flexibility index (Phi) is 2.98. The van der Waals surface area contributed by atoms with E-state index in [0.29, 0.717) is 5.92 Å². The van der Waals surface area contributed by atoms with Crippen molar-refractivity contribution in [2.45, 2.75) is 12.8 Å². The number of rotatable bonds is 2.